The number of hydrogen-bond donors (Lipinski definition) is 1. The molecule has 0 saturated carbocycles. The molecule has 0 radical (unpaired) electrons. The molecular weight excluding hydrogens is 315 g/mol. The summed E-state index contributed by atoms with van der Waals surface area (Å²) in [6.07, 6.45) is -2.14. The van der Waals surface area contributed by atoms with Gasteiger partial charge in [0.25, 0.3) is 0 Å². The summed E-state index contributed by atoms with van der Waals surface area (Å²) in [4.78, 5) is 6.34. The number of rotatable bonds is 3. The van der Waals surface area contributed by atoms with E-state index in [-0.39, 0.29) is 0 Å². The molecule has 3 rings (SSSR count). The highest BCUT2D eigenvalue weighted by atomic mass is 19.4. The first-order chi connectivity index (χ1) is 11.4. The zero-order valence-corrected chi connectivity index (χ0v) is 14.3. The van der Waals surface area contributed by atoms with Crippen molar-refractivity contribution in [2.75, 3.05) is 46.3 Å². The molecule has 2 aliphatic heterocycles. The highest BCUT2D eigenvalue weighted by Crippen LogP contribution is 2.32. The lowest BCUT2D eigenvalue weighted by Crippen LogP contribution is -3.12. The average Bonchev–Trinajstić information content (AvgIpc) is 2.56. The van der Waals surface area contributed by atoms with E-state index in [1.54, 1.807) is 17.0 Å². The maximum Gasteiger partial charge on any atom is 0.416 e. The Hall–Kier alpha value is -1.11. The summed E-state index contributed by atoms with van der Waals surface area (Å²) in [5.74, 6) is 0. The van der Waals surface area contributed by atoms with Gasteiger partial charge in [-0.25, -0.2) is 0 Å². The predicted octanol–water partition coefficient (Wildman–Crippen LogP) is 1.50. The van der Waals surface area contributed by atoms with Crippen molar-refractivity contribution in [3.63, 3.8) is 0 Å². The zero-order valence-electron chi connectivity index (χ0n) is 14.3. The van der Waals surface area contributed by atoms with E-state index in [0.29, 0.717) is 18.2 Å². The van der Waals surface area contributed by atoms with Crippen molar-refractivity contribution in [2.24, 2.45) is 0 Å². The molecule has 6 heteroatoms. The van der Waals surface area contributed by atoms with Gasteiger partial charge in [0, 0.05) is 25.7 Å². The number of piperidine rings is 1. The van der Waals surface area contributed by atoms with Gasteiger partial charge in [-0.15, -0.1) is 0 Å². The summed E-state index contributed by atoms with van der Waals surface area (Å²) in [7, 11) is 2.23. The van der Waals surface area contributed by atoms with Crippen LogP contribution in [0.2, 0.25) is 0 Å². The number of hydrogen-bond acceptors (Lipinski definition) is 2. The highest BCUT2D eigenvalue weighted by molar-refractivity contribution is 5.29. The van der Waals surface area contributed by atoms with Crippen LogP contribution in [0.15, 0.2) is 24.3 Å². The standard InChI is InChI=1S/C18H26F3N3/c1-22-10-12-24(13-11-22)16-6-8-23(9-7-16)14-15-4-2-3-5-17(15)18(19,20)21/h2-5,16H,6-14H2,1H3/p+1. The molecule has 3 nitrogen and oxygen atoms in total. The van der Waals surface area contributed by atoms with Gasteiger partial charge in [0.05, 0.1) is 25.7 Å². The second-order valence-electron chi connectivity index (χ2n) is 7.16. The Morgan fingerprint density at radius 3 is 2.29 bits per heavy atom. The van der Waals surface area contributed by atoms with Crippen molar-refractivity contribution < 1.29 is 18.1 Å². The number of halogens is 3. The largest absolute Gasteiger partial charge is 0.416 e. The first kappa shape index (κ1) is 17.7. The fourth-order valence-electron chi connectivity index (χ4n) is 3.89. The number of nitrogens with one attached hydrogen (secondary N) is 1. The van der Waals surface area contributed by atoms with Crippen LogP contribution >= 0.6 is 0 Å². The van der Waals surface area contributed by atoms with Crippen LogP contribution in [0, 0.1) is 0 Å². The van der Waals surface area contributed by atoms with E-state index in [9.17, 15) is 13.2 Å². The second kappa shape index (κ2) is 7.42. The van der Waals surface area contributed by atoms with Crippen molar-refractivity contribution in [1.29, 1.82) is 0 Å². The van der Waals surface area contributed by atoms with Crippen molar-refractivity contribution in [3.8, 4) is 0 Å². The van der Waals surface area contributed by atoms with Gasteiger partial charge < -0.3 is 4.90 Å². The lowest BCUT2D eigenvalue weighted by molar-refractivity contribution is -0.884. The maximum atomic E-state index is 13.1. The minimum atomic E-state index is -4.27. The van der Waals surface area contributed by atoms with Gasteiger partial charge >= 0.3 is 6.18 Å². The van der Waals surface area contributed by atoms with E-state index in [1.165, 1.54) is 25.2 Å². The summed E-state index contributed by atoms with van der Waals surface area (Å²) in [6.45, 7) is 6.85. The lowest BCUT2D eigenvalue weighted by atomic mass is 10.0. The Kier molecular flexibility index (Phi) is 5.47. The van der Waals surface area contributed by atoms with Gasteiger partial charge in [-0.05, 0) is 37.6 Å². The normalized spacial score (nSPS) is 22.8. The highest BCUT2D eigenvalue weighted by Gasteiger charge is 2.34. The molecule has 0 bridgehead atoms. The van der Waals surface area contributed by atoms with Crippen LogP contribution in [-0.4, -0.2) is 62.2 Å². The maximum absolute atomic E-state index is 13.1. The molecule has 2 saturated heterocycles. The van der Waals surface area contributed by atoms with Gasteiger partial charge in [0.2, 0.25) is 0 Å². The molecular formula is C18H27F3N3+. The molecule has 1 aromatic carbocycles. The molecule has 0 amide bonds. The quantitative estimate of drug-likeness (QED) is 0.893. The van der Waals surface area contributed by atoms with Gasteiger partial charge in [-0.1, -0.05) is 18.2 Å². The van der Waals surface area contributed by atoms with Crippen molar-refractivity contribution >= 4 is 0 Å². The van der Waals surface area contributed by atoms with Gasteiger partial charge in [0.15, 0.2) is 0 Å². The average molecular weight is 342 g/mol. The third kappa shape index (κ3) is 4.29. The van der Waals surface area contributed by atoms with E-state index < -0.39 is 11.7 Å². The van der Waals surface area contributed by atoms with Crippen molar-refractivity contribution in [3.05, 3.63) is 35.4 Å². The van der Waals surface area contributed by atoms with Crippen LogP contribution < -0.4 is 4.90 Å². The summed E-state index contributed by atoms with van der Waals surface area (Å²) in [5, 5.41) is 0. The van der Waals surface area contributed by atoms with Gasteiger partial charge in [0.1, 0.15) is 0 Å². The Labute approximate surface area is 142 Å². The molecule has 134 valence electrons. The van der Waals surface area contributed by atoms with Gasteiger partial charge in [-0.3, -0.25) is 9.80 Å². The molecule has 0 unspecified atom stereocenters. The topological polar surface area (TPSA) is 10.9 Å². The smallest absolute Gasteiger partial charge is 0.335 e. The van der Waals surface area contributed by atoms with E-state index in [1.807, 2.05) is 0 Å². The van der Waals surface area contributed by atoms with Crippen molar-refractivity contribution in [2.45, 2.75) is 31.6 Å². The van der Waals surface area contributed by atoms with Crippen LogP contribution in [0.25, 0.3) is 0 Å². The Bertz CT molecular complexity index is 531. The number of likely N-dealkylation sites (N-methyl/N-ethyl adjacent to an activating group) is 1. The third-order valence-electron chi connectivity index (χ3n) is 5.44. The van der Waals surface area contributed by atoms with E-state index in [4.69, 9.17) is 0 Å². The molecule has 2 fully saturated rings. The monoisotopic (exact) mass is 342 g/mol. The molecule has 1 aromatic rings. The van der Waals surface area contributed by atoms with E-state index >= 15 is 0 Å². The van der Waals surface area contributed by atoms with Crippen molar-refractivity contribution in [1.82, 2.24) is 9.80 Å². The second-order valence-corrected chi connectivity index (χ2v) is 7.16. The predicted molar refractivity (Wildman–Crippen MR) is 87.9 cm³/mol. The number of quaternary nitrogens is 1. The fraction of sp³-hybridized carbons (Fsp3) is 0.667. The molecule has 2 aliphatic rings. The zero-order chi connectivity index (χ0) is 17.2. The number of piperazine rings is 1. The van der Waals surface area contributed by atoms with E-state index in [2.05, 4.69) is 16.8 Å². The molecule has 0 aromatic heterocycles. The summed E-state index contributed by atoms with van der Waals surface area (Å²) in [6, 6.07) is 6.57. The molecule has 0 aliphatic carbocycles. The SMILES string of the molecule is C[NH+]1CCN(C2CCN(Cc3ccccc3C(F)(F)F)CC2)CC1. The van der Waals surface area contributed by atoms with Crippen LogP contribution in [0.3, 0.4) is 0 Å². The lowest BCUT2D eigenvalue weighted by Gasteiger charge is -2.41. The molecule has 24 heavy (non-hydrogen) atoms. The Morgan fingerprint density at radius 2 is 1.67 bits per heavy atom. The number of nitrogens with zero attached hydrogens (tertiary/aromatic N) is 2. The fourth-order valence-corrected chi connectivity index (χ4v) is 3.89. The summed E-state index contributed by atoms with van der Waals surface area (Å²) < 4.78 is 39.3. The summed E-state index contributed by atoms with van der Waals surface area (Å²) in [5.41, 5.74) is -0.0965. The number of benzene rings is 1. The van der Waals surface area contributed by atoms with E-state index in [0.717, 1.165) is 39.0 Å². The third-order valence-corrected chi connectivity index (χ3v) is 5.44. The molecule has 1 N–H and O–H groups in total. The Morgan fingerprint density at radius 1 is 1.04 bits per heavy atom. The number of alkyl halides is 3. The molecule has 0 atom stereocenters. The van der Waals surface area contributed by atoms with Crippen LogP contribution in [0.1, 0.15) is 24.0 Å². The van der Waals surface area contributed by atoms with Crippen LogP contribution in [-0.2, 0) is 12.7 Å². The minimum absolute atomic E-state index is 0.395. The van der Waals surface area contributed by atoms with Crippen LogP contribution in [0.4, 0.5) is 13.2 Å². The van der Waals surface area contributed by atoms with Gasteiger partial charge in [-0.2, -0.15) is 13.2 Å². The first-order valence-electron chi connectivity index (χ1n) is 8.86. The summed E-state index contributed by atoms with van der Waals surface area (Å²) >= 11 is 0. The minimum Gasteiger partial charge on any atom is -0.335 e. The molecule has 2 heterocycles. The molecule has 0 spiro atoms. The Balaban J connectivity index is 1.55. The first-order valence-corrected chi connectivity index (χ1v) is 8.86. The van der Waals surface area contributed by atoms with Crippen LogP contribution in [0.5, 0.6) is 0 Å². The number of likely N-dealkylation sites (tertiary alicyclic amines) is 1.